The van der Waals surface area contributed by atoms with Crippen molar-refractivity contribution < 1.29 is 4.79 Å². The van der Waals surface area contributed by atoms with Gasteiger partial charge in [-0.1, -0.05) is 0 Å². The Labute approximate surface area is 77.5 Å². The van der Waals surface area contributed by atoms with E-state index >= 15 is 0 Å². The minimum absolute atomic E-state index is 0.199. The minimum atomic E-state index is -0.271. The van der Waals surface area contributed by atoms with E-state index in [2.05, 4.69) is 11.6 Å². The van der Waals surface area contributed by atoms with Crippen LogP contribution in [0, 0.1) is 0 Å². The van der Waals surface area contributed by atoms with Crippen molar-refractivity contribution in [2.45, 2.75) is 30.6 Å². The van der Waals surface area contributed by atoms with Gasteiger partial charge in [-0.2, -0.15) is 11.8 Å². The third kappa shape index (κ3) is 2.38. The van der Waals surface area contributed by atoms with Gasteiger partial charge in [0.2, 0.25) is 5.91 Å². The largest absolute Gasteiger partial charge is 0.368 e. The van der Waals surface area contributed by atoms with Crippen LogP contribution in [0.4, 0.5) is 0 Å². The number of nitrogens with two attached hydrogens (primary N) is 1. The number of rotatable bonds is 5. The Morgan fingerprint density at radius 3 is 2.67 bits per heavy atom. The molecule has 4 heteroatoms. The van der Waals surface area contributed by atoms with E-state index in [1.807, 2.05) is 11.8 Å². The summed E-state index contributed by atoms with van der Waals surface area (Å²) in [6.45, 7) is 2.71. The molecule has 0 radical (unpaired) electrons. The van der Waals surface area contributed by atoms with Crippen LogP contribution in [0.2, 0.25) is 0 Å². The molecule has 1 saturated carbocycles. The molecule has 0 aliphatic heterocycles. The lowest BCUT2D eigenvalue weighted by molar-refractivity contribution is -0.119. The first-order valence-corrected chi connectivity index (χ1v) is 5.40. The topological polar surface area (TPSA) is 55.1 Å². The van der Waals surface area contributed by atoms with Gasteiger partial charge in [0.05, 0.1) is 6.04 Å². The lowest BCUT2D eigenvalue weighted by atomic mass is 10.3. The van der Waals surface area contributed by atoms with Gasteiger partial charge in [0.15, 0.2) is 0 Å². The zero-order valence-electron chi connectivity index (χ0n) is 7.59. The van der Waals surface area contributed by atoms with Gasteiger partial charge in [-0.3, -0.25) is 4.79 Å². The number of primary amides is 1. The fourth-order valence-electron chi connectivity index (χ4n) is 1.03. The van der Waals surface area contributed by atoms with Gasteiger partial charge >= 0.3 is 0 Å². The van der Waals surface area contributed by atoms with Crippen LogP contribution in [0.3, 0.4) is 0 Å². The number of thioether (sulfide) groups is 1. The molecule has 3 N–H and O–H groups in total. The summed E-state index contributed by atoms with van der Waals surface area (Å²) >= 11 is 1.88. The third-order valence-electron chi connectivity index (χ3n) is 2.40. The lowest BCUT2D eigenvalue weighted by Crippen LogP contribution is -2.42. The van der Waals surface area contributed by atoms with Crippen molar-refractivity contribution in [2.24, 2.45) is 5.73 Å². The predicted octanol–water partition coefficient (Wildman–Crippen LogP) is 0.345. The fraction of sp³-hybridized carbons (Fsp3) is 0.875. The second-order valence-electron chi connectivity index (χ2n) is 3.39. The molecule has 1 atom stereocenters. The maximum absolute atomic E-state index is 10.7. The highest BCUT2D eigenvalue weighted by Gasteiger charge is 2.41. The molecular weight excluding hydrogens is 172 g/mol. The van der Waals surface area contributed by atoms with Gasteiger partial charge in [-0.15, -0.1) is 0 Å². The molecule has 1 aliphatic rings. The Balaban J connectivity index is 2.21. The van der Waals surface area contributed by atoms with Crippen LogP contribution in [-0.4, -0.2) is 29.5 Å². The molecule has 1 fully saturated rings. The molecule has 0 saturated heterocycles. The molecule has 3 nitrogen and oxygen atoms in total. The summed E-state index contributed by atoms with van der Waals surface area (Å²) in [6, 6.07) is -0.199. The third-order valence-corrected chi connectivity index (χ3v) is 3.82. The first-order valence-electron chi connectivity index (χ1n) is 4.17. The van der Waals surface area contributed by atoms with Gasteiger partial charge < -0.3 is 11.1 Å². The SMILES string of the molecule is CSC1(CNC(C)C(N)=O)CC1. The second-order valence-corrected chi connectivity index (χ2v) is 4.67. The Hall–Kier alpha value is -0.220. The van der Waals surface area contributed by atoms with Crippen LogP contribution in [0.1, 0.15) is 19.8 Å². The minimum Gasteiger partial charge on any atom is -0.368 e. The van der Waals surface area contributed by atoms with Gasteiger partial charge in [0.1, 0.15) is 0 Å². The van der Waals surface area contributed by atoms with E-state index in [-0.39, 0.29) is 11.9 Å². The Morgan fingerprint density at radius 2 is 2.33 bits per heavy atom. The van der Waals surface area contributed by atoms with Gasteiger partial charge in [-0.05, 0) is 26.0 Å². The van der Waals surface area contributed by atoms with E-state index < -0.39 is 0 Å². The van der Waals surface area contributed by atoms with Crippen LogP contribution >= 0.6 is 11.8 Å². The molecule has 0 aromatic heterocycles. The molecule has 12 heavy (non-hydrogen) atoms. The molecule has 0 bridgehead atoms. The molecule has 0 spiro atoms. The van der Waals surface area contributed by atoms with E-state index in [1.165, 1.54) is 12.8 Å². The maximum atomic E-state index is 10.7. The smallest absolute Gasteiger partial charge is 0.234 e. The molecule has 1 amide bonds. The molecule has 0 aromatic rings. The molecule has 0 heterocycles. The number of hydrogen-bond acceptors (Lipinski definition) is 3. The van der Waals surface area contributed by atoms with Gasteiger partial charge in [0, 0.05) is 11.3 Å². The highest BCUT2D eigenvalue weighted by Crippen LogP contribution is 2.46. The molecule has 0 aromatic carbocycles. The monoisotopic (exact) mass is 188 g/mol. The number of carbonyl (C=O) groups is 1. The van der Waals surface area contributed by atoms with E-state index in [0.29, 0.717) is 4.75 Å². The standard InChI is InChI=1S/C8H16N2OS/c1-6(7(9)11)10-5-8(12-2)3-4-8/h6,10H,3-5H2,1-2H3,(H2,9,11). The van der Waals surface area contributed by atoms with Crippen LogP contribution in [-0.2, 0) is 4.79 Å². The molecular formula is C8H16N2OS. The van der Waals surface area contributed by atoms with Crippen molar-refractivity contribution >= 4 is 17.7 Å². The van der Waals surface area contributed by atoms with Crippen LogP contribution in [0.15, 0.2) is 0 Å². The molecule has 1 unspecified atom stereocenters. The lowest BCUT2D eigenvalue weighted by Gasteiger charge is -2.15. The molecule has 1 rings (SSSR count). The van der Waals surface area contributed by atoms with Crippen molar-refractivity contribution in [3.05, 3.63) is 0 Å². The summed E-state index contributed by atoms with van der Waals surface area (Å²) in [4.78, 5) is 10.7. The van der Waals surface area contributed by atoms with Gasteiger partial charge in [-0.25, -0.2) is 0 Å². The number of carbonyl (C=O) groups excluding carboxylic acids is 1. The Morgan fingerprint density at radius 1 is 1.75 bits per heavy atom. The summed E-state index contributed by atoms with van der Waals surface area (Å²) in [5.74, 6) is -0.271. The summed E-state index contributed by atoms with van der Waals surface area (Å²) in [5, 5.41) is 3.14. The first-order chi connectivity index (χ1) is 5.59. The van der Waals surface area contributed by atoms with Crippen molar-refractivity contribution in [3.8, 4) is 0 Å². The Kier molecular flexibility index (Phi) is 3.01. The second kappa shape index (κ2) is 3.66. The number of hydrogen-bond donors (Lipinski definition) is 2. The Bertz CT molecular complexity index is 180. The highest BCUT2D eigenvalue weighted by molar-refractivity contribution is 8.00. The van der Waals surface area contributed by atoms with E-state index in [4.69, 9.17) is 5.73 Å². The van der Waals surface area contributed by atoms with Crippen molar-refractivity contribution in [3.63, 3.8) is 0 Å². The van der Waals surface area contributed by atoms with Crippen molar-refractivity contribution in [2.75, 3.05) is 12.8 Å². The highest BCUT2D eigenvalue weighted by atomic mass is 32.2. The normalized spacial score (nSPS) is 21.8. The summed E-state index contributed by atoms with van der Waals surface area (Å²) < 4.78 is 0.406. The number of amides is 1. The quantitative estimate of drug-likeness (QED) is 0.654. The summed E-state index contributed by atoms with van der Waals surface area (Å²) in [5.41, 5.74) is 5.12. The number of nitrogens with one attached hydrogen (secondary N) is 1. The van der Waals surface area contributed by atoms with E-state index in [0.717, 1.165) is 6.54 Å². The maximum Gasteiger partial charge on any atom is 0.234 e. The molecule has 70 valence electrons. The zero-order valence-corrected chi connectivity index (χ0v) is 8.41. The average molecular weight is 188 g/mol. The van der Waals surface area contributed by atoms with E-state index in [9.17, 15) is 4.79 Å². The molecule has 1 aliphatic carbocycles. The fourth-order valence-corrected chi connectivity index (χ4v) is 1.77. The average Bonchev–Trinajstić information content (AvgIpc) is 2.81. The zero-order chi connectivity index (χ0) is 9.19. The van der Waals surface area contributed by atoms with Crippen LogP contribution in [0.25, 0.3) is 0 Å². The van der Waals surface area contributed by atoms with Crippen LogP contribution in [0.5, 0.6) is 0 Å². The van der Waals surface area contributed by atoms with E-state index in [1.54, 1.807) is 6.92 Å². The van der Waals surface area contributed by atoms with Gasteiger partial charge in [0.25, 0.3) is 0 Å². The van der Waals surface area contributed by atoms with Crippen molar-refractivity contribution in [1.29, 1.82) is 0 Å². The van der Waals surface area contributed by atoms with Crippen molar-refractivity contribution in [1.82, 2.24) is 5.32 Å². The predicted molar refractivity (Wildman–Crippen MR) is 52.1 cm³/mol. The van der Waals surface area contributed by atoms with Crippen LogP contribution < -0.4 is 11.1 Å². The first kappa shape index (κ1) is 9.86. The summed E-state index contributed by atoms with van der Waals surface area (Å²) in [7, 11) is 0. The summed E-state index contributed by atoms with van der Waals surface area (Å²) in [6.07, 6.45) is 4.63.